The Balaban J connectivity index is 1.65. The van der Waals surface area contributed by atoms with Gasteiger partial charge in [0, 0.05) is 13.1 Å². The van der Waals surface area contributed by atoms with Crippen molar-refractivity contribution >= 4 is 11.2 Å². The Morgan fingerprint density at radius 2 is 1.88 bits per heavy atom. The first-order valence-electron chi connectivity index (χ1n) is 8.83. The molecule has 2 aliphatic carbocycles. The minimum absolute atomic E-state index is 0.246. The number of aromatic nitrogens is 4. The molecule has 0 aromatic carbocycles. The molecular formula is C17H24N4O3. The Morgan fingerprint density at radius 1 is 1.21 bits per heavy atom. The van der Waals surface area contributed by atoms with Crippen LogP contribution in [0.15, 0.2) is 15.9 Å². The highest BCUT2D eigenvalue weighted by atomic mass is 16.3. The Bertz CT molecular complexity index is 862. The molecule has 0 atom stereocenters. The number of nitrogens with one attached hydrogen (secondary N) is 1. The number of rotatable bonds is 4. The van der Waals surface area contributed by atoms with Gasteiger partial charge in [-0.15, -0.1) is 0 Å². The lowest BCUT2D eigenvalue weighted by molar-refractivity contribution is 0.00554. The minimum atomic E-state index is -0.610. The lowest BCUT2D eigenvalue weighted by Crippen LogP contribution is -2.40. The van der Waals surface area contributed by atoms with Crippen molar-refractivity contribution < 1.29 is 5.11 Å². The predicted octanol–water partition coefficient (Wildman–Crippen LogP) is 1.24. The molecule has 0 aliphatic heterocycles. The van der Waals surface area contributed by atoms with Crippen molar-refractivity contribution in [2.75, 3.05) is 0 Å². The van der Waals surface area contributed by atoms with Gasteiger partial charge in [-0.3, -0.25) is 14.3 Å². The van der Waals surface area contributed by atoms with Crippen molar-refractivity contribution in [1.29, 1.82) is 0 Å². The van der Waals surface area contributed by atoms with E-state index in [-0.39, 0.29) is 17.2 Å². The van der Waals surface area contributed by atoms with Gasteiger partial charge in [-0.05, 0) is 57.3 Å². The number of aromatic amines is 1. The monoisotopic (exact) mass is 332 g/mol. The van der Waals surface area contributed by atoms with Gasteiger partial charge >= 0.3 is 5.69 Å². The topological polar surface area (TPSA) is 92.9 Å². The largest absolute Gasteiger partial charge is 0.390 e. The van der Waals surface area contributed by atoms with Crippen molar-refractivity contribution in [1.82, 2.24) is 19.1 Å². The summed E-state index contributed by atoms with van der Waals surface area (Å²) in [6.45, 7) is 3.06. The molecule has 2 aliphatic rings. The van der Waals surface area contributed by atoms with Crippen LogP contribution in [0.3, 0.4) is 0 Å². The van der Waals surface area contributed by atoms with Gasteiger partial charge in [0.25, 0.3) is 5.56 Å². The fourth-order valence-corrected chi connectivity index (χ4v) is 3.71. The van der Waals surface area contributed by atoms with E-state index in [4.69, 9.17) is 0 Å². The minimum Gasteiger partial charge on any atom is -0.390 e. The van der Waals surface area contributed by atoms with Gasteiger partial charge in [0.05, 0.1) is 11.9 Å². The van der Waals surface area contributed by atoms with Gasteiger partial charge in [-0.1, -0.05) is 0 Å². The smallest absolute Gasteiger partial charge is 0.330 e. The summed E-state index contributed by atoms with van der Waals surface area (Å²) in [5.74, 6) is 0.879. The van der Waals surface area contributed by atoms with Crippen LogP contribution in [0, 0.1) is 11.8 Å². The molecule has 24 heavy (non-hydrogen) atoms. The Kier molecular flexibility index (Phi) is 3.63. The van der Waals surface area contributed by atoms with Crippen LogP contribution in [0.25, 0.3) is 11.2 Å². The molecule has 2 heterocycles. The molecule has 2 fully saturated rings. The van der Waals surface area contributed by atoms with Gasteiger partial charge in [0.15, 0.2) is 11.2 Å². The molecule has 7 nitrogen and oxygen atoms in total. The molecule has 2 N–H and O–H groups in total. The maximum atomic E-state index is 12.9. The molecule has 130 valence electrons. The third-order valence-corrected chi connectivity index (χ3v) is 5.53. The second-order valence-electron chi connectivity index (χ2n) is 7.82. The van der Waals surface area contributed by atoms with Gasteiger partial charge in [0.2, 0.25) is 0 Å². The Labute approximate surface area is 139 Å². The van der Waals surface area contributed by atoms with E-state index in [0.717, 1.165) is 19.4 Å². The maximum Gasteiger partial charge on any atom is 0.330 e. The number of nitrogens with zero attached hydrogens (tertiary/aromatic N) is 3. The first-order chi connectivity index (χ1) is 11.4. The molecule has 0 saturated heterocycles. The highest BCUT2D eigenvalue weighted by molar-refractivity contribution is 5.69. The van der Waals surface area contributed by atoms with Crippen LogP contribution in [-0.2, 0) is 13.1 Å². The van der Waals surface area contributed by atoms with Crippen molar-refractivity contribution in [3.63, 3.8) is 0 Å². The number of hydrogen-bond donors (Lipinski definition) is 2. The SMILES string of the molecule is C[C@]1(O)CC[C@H](Cn2c(=O)[nH]c3ncn(CC4CC4)c3c2=O)CC1. The summed E-state index contributed by atoms with van der Waals surface area (Å²) < 4.78 is 3.20. The molecule has 0 radical (unpaired) electrons. The van der Waals surface area contributed by atoms with Crippen molar-refractivity contribution in [3.8, 4) is 0 Å². The third kappa shape index (κ3) is 2.92. The molecule has 0 amide bonds. The second-order valence-corrected chi connectivity index (χ2v) is 7.82. The Morgan fingerprint density at radius 3 is 2.54 bits per heavy atom. The summed E-state index contributed by atoms with van der Waals surface area (Å²) in [6.07, 6.45) is 7.13. The standard InChI is InChI=1S/C17H24N4O3/c1-17(24)6-4-12(5-7-17)9-21-15(22)13-14(19-16(21)23)18-10-20(13)8-11-2-3-11/h10-12,24H,2-9H2,1H3,(H,19,23)/t12-,17-. The van der Waals surface area contributed by atoms with Crippen LogP contribution in [0.1, 0.15) is 45.4 Å². The van der Waals surface area contributed by atoms with E-state index < -0.39 is 5.60 Å². The van der Waals surface area contributed by atoms with Crippen LogP contribution in [0.4, 0.5) is 0 Å². The highest BCUT2D eigenvalue weighted by Gasteiger charge is 2.29. The van der Waals surface area contributed by atoms with Gasteiger partial charge in [-0.25, -0.2) is 9.78 Å². The summed E-state index contributed by atoms with van der Waals surface area (Å²) >= 11 is 0. The molecule has 2 aromatic rings. The summed E-state index contributed by atoms with van der Waals surface area (Å²) in [5.41, 5.74) is -0.357. The van der Waals surface area contributed by atoms with E-state index in [1.807, 2.05) is 11.5 Å². The molecule has 7 heteroatoms. The van der Waals surface area contributed by atoms with E-state index in [0.29, 0.717) is 36.5 Å². The predicted molar refractivity (Wildman–Crippen MR) is 89.9 cm³/mol. The van der Waals surface area contributed by atoms with Gasteiger partial charge in [0.1, 0.15) is 0 Å². The summed E-state index contributed by atoms with van der Waals surface area (Å²) in [7, 11) is 0. The zero-order valence-electron chi connectivity index (χ0n) is 14.0. The van der Waals surface area contributed by atoms with E-state index >= 15 is 0 Å². The Hall–Kier alpha value is -1.89. The number of hydrogen-bond acceptors (Lipinski definition) is 4. The molecule has 0 spiro atoms. The van der Waals surface area contributed by atoms with Crippen LogP contribution >= 0.6 is 0 Å². The molecule has 0 unspecified atom stereocenters. The van der Waals surface area contributed by atoms with E-state index in [1.165, 1.54) is 17.4 Å². The van der Waals surface area contributed by atoms with Crippen LogP contribution in [0.5, 0.6) is 0 Å². The molecule has 0 bridgehead atoms. The lowest BCUT2D eigenvalue weighted by atomic mass is 9.80. The average Bonchev–Trinajstić information content (AvgIpc) is 3.25. The number of aliphatic hydroxyl groups is 1. The van der Waals surface area contributed by atoms with Crippen molar-refractivity contribution in [2.45, 2.75) is 64.1 Å². The second kappa shape index (κ2) is 5.58. The lowest BCUT2D eigenvalue weighted by Gasteiger charge is -2.33. The van der Waals surface area contributed by atoms with E-state index in [1.54, 1.807) is 6.33 Å². The summed E-state index contributed by atoms with van der Waals surface area (Å²) in [6, 6.07) is 0. The van der Waals surface area contributed by atoms with E-state index in [9.17, 15) is 14.7 Å². The van der Waals surface area contributed by atoms with E-state index in [2.05, 4.69) is 9.97 Å². The van der Waals surface area contributed by atoms with Crippen LogP contribution in [-0.4, -0.2) is 29.8 Å². The van der Waals surface area contributed by atoms with Crippen molar-refractivity contribution in [2.24, 2.45) is 11.8 Å². The van der Waals surface area contributed by atoms with Crippen LogP contribution < -0.4 is 11.2 Å². The molecule has 2 saturated carbocycles. The highest BCUT2D eigenvalue weighted by Crippen LogP contribution is 2.32. The normalized spacial score (nSPS) is 27.7. The third-order valence-electron chi connectivity index (χ3n) is 5.53. The number of fused-ring (bicyclic) bond motifs is 1. The summed E-state index contributed by atoms with van der Waals surface area (Å²) in [5, 5.41) is 10.1. The zero-order valence-corrected chi connectivity index (χ0v) is 14.0. The van der Waals surface area contributed by atoms with Gasteiger partial charge < -0.3 is 9.67 Å². The van der Waals surface area contributed by atoms with Gasteiger partial charge in [-0.2, -0.15) is 0 Å². The quantitative estimate of drug-likeness (QED) is 0.881. The molecule has 4 rings (SSSR count). The maximum absolute atomic E-state index is 12.9. The number of imidazole rings is 1. The first-order valence-corrected chi connectivity index (χ1v) is 8.83. The fourth-order valence-electron chi connectivity index (χ4n) is 3.71. The van der Waals surface area contributed by atoms with Crippen LogP contribution in [0.2, 0.25) is 0 Å². The average molecular weight is 332 g/mol. The summed E-state index contributed by atoms with van der Waals surface area (Å²) in [4.78, 5) is 32.1. The molecular weight excluding hydrogens is 308 g/mol. The molecule has 2 aromatic heterocycles. The zero-order chi connectivity index (χ0) is 16.9. The number of H-pyrrole nitrogens is 1. The van der Waals surface area contributed by atoms with Crippen molar-refractivity contribution in [3.05, 3.63) is 27.2 Å². The fraction of sp³-hybridized carbons (Fsp3) is 0.706. The first kappa shape index (κ1) is 15.6.